The third-order valence-corrected chi connectivity index (χ3v) is 3.33. The lowest BCUT2D eigenvalue weighted by Gasteiger charge is -2.10. The molecule has 0 radical (unpaired) electrons. The molecule has 1 N–H and O–H groups in total. The summed E-state index contributed by atoms with van der Waals surface area (Å²) >= 11 is 0. The van der Waals surface area contributed by atoms with Crippen molar-refractivity contribution >= 4 is 11.2 Å². The molecule has 0 amide bonds. The highest BCUT2D eigenvalue weighted by Crippen LogP contribution is 2.10. The van der Waals surface area contributed by atoms with Crippen LogP contribution in [0.1, 0.15) is 12.8 Å². The summed E-state index contributed by atoms with van der Waals surface area (Å²) in [5.74, 6) is -0.354. The van der Waals surface area contributed by atoms with E-state index < -0.39 is 0 Å². The van der Waals surface area contributed by atoms with Gasteiger partial charge in [-0.25, -0.2) is 9.78 Å². The summed E-state index contributed by atoms with van der Waals surface area (Å²) in [6.07, 6.45) is 4.23. The van der Waals surface area contributed by atoms with Crippen LogP contribution in [0.4, 0.5) is 0 Å². The minimum Gasteiger partial charge on any atom is -0.406 e. The molecule has 1 saturated heterocycles. The second-order valence-corrected chi connectivity index (χ2v) is 4.68. The highest BCUT2D eigenvalue weighted by Gasteiger charge is 2.14. The molecule has 2 aromatic rings. The lowest BCUT2D eigenvalue weighted by atomic mass is 10.2. The summed E-state index contributed by atoms with van der Waals surface area (Å²) in [7, 11) is 0. The SMILES string of the molecule is O=c1oc2cccnc2n1CCNCC1CCCO1. The Morgan fingerprint density at radius 2 is 2.47 bits per heavy atom. The monoisotopic (exact) mass is 263 g/mol. The van der Waals surface area contributed by atoms with Gasteiger partial charge < -0.3 is 14.5 Å². The van der Waals surface area contributed by atoms with Crippen molar-refractivity contribution < 1.29 is 9.15 Å². The van der Waals surface area contributed by atoms with E-state index in [1.807, 2.05) is 0 Å². The molecule has 1 atom stereocenters. The normalized spacial score (nSPS) is 19.3. The van der Waals surface area contributed by atoms with Gasteiger partial charge in [0.25, 0.3) is 0 Å². The largest absolute Gasteiger partial charge is 0.421 e. The van der Waals surface area contributed by atoms with Crippen molar-refractivity contribution in [3.8, 4) is 0 Å². The maximum Gasteiger partial charge on any atom is 0.421 e. The zero-order valence-corrected chi connectivity index (χ0v) is 10.7. The molecule has 3 rings (SSSR count). The molecule has 6 nitrogen and oxygen atoms in total. The van der Waals surface area contributed by atoms with Crippen LogP contribution in [0.25, 0.3) is 11.2 Å². The average molecular weight is 263 g/mol. The molecule has 1 aliphatic rings. The van der Waals surface area contributed by atoms with Crippen LogP contribution in [-0.2, 0) is 11.3 Å². The molecule has 102 valence electrons. The van der Waals surface area contributed by atoms with E-state index >= 15 is 0 Å². The van der Waals surface area contributed by atoms with Crippen molar-refractivity contribution in [3.63, 3.8) is 0 Å². The number of nitrogens with one attached hydrogen (secondary N) is 1. The average Bonchev–Trinajstić information content (AvgIpc) is 3.02. The molecule has 2 aromatic heterocycles. The Morgan fingerprint density at radius 3 is 3.32 bits per heavy atom. The highest BCUT2D eigenvalue weighted by atomic mass is 16.5. The van der Waals surface area contributed by atoms with Crippen LogP contribution in [0.2, 0.25) is 0 Å². The van der Waals surface area contributed by atoms with Gasteiger partial charge in [0.1, 0.15) is 0 Å². The molecule has 0 aromatic carbocycles. The summed E-state index contributed by atoms with van der Waals surface area (Å²) < 4.78 is 12.2. The van der Waals surface area contributed by atoms with Crippen molar-refractivity contribution in [2.45, 2.75) is 25.5 Å². The Balaban J connectivity index is 1.59. The summed E-state index contributed by atoms with van der Waals surface area (Å²) in [5, 5.41) is 3.30. The molecule has 1 unspecified atom stereocenters. The van der Waals surface area contributed by atoms with Gasteiger partial charge >= 0.3 is 5.76 Å². The van der Waals surface area contributed by atoms with Gasteiger partial charge in [0.05, 0.1) is 6.10 Å². The topological polar surface area (TPSA) is 69.3 Å². The van der Waals surface area contributed by atoms with Crippen molar-refractivity contribution in [2.24, 2.45) is 0 Å². The van der Waals surface area contributed by atoms with Crippen LogP contribution in [-0.4, -0.2) is 35.4 Å². The zero-order chi connectivity index (χ0) is 13.1. The lowest BCUT2D eigenvalue weighted by Crippen LogP contribution is -2.30. The van der Waals surface area contributed by atoms with Crippen LogP contribution in [0, 0.1) is 0 Å². The molecule has 3 heterocycles. The van der Waals surface area contributed by atoms with Crippen LogP contribution < -0.4 is 11.1 Å². The van der Waals surface area contributed by atoms with E-state index in [2.05, 4.69) is 10.3 Å². The van der Waals surface area contributed by atoms with E-state index in [9.17, 15) is 4.79 Å². The Morgan fingerprint density at radius 1 is 1.53 bits per heavy atom. The molecule has 0 bridgehead atoms. The first-order valence-corrected chi connectivity index (χ1v) is 6.61. The second kappa shape index (κ2) is 5.54. The molecule has 6 heteroatoms. The number of pyridine rings is 1. The van der Waals surface area contributed by atoms with Crippen LogP contribution in [0.15, 0.2) is 27.5 Å². The summed E-state index contributed by atoms with van der Waals surface area (Å²) in [6, 6.07) is 3.51. The van der Waals surface area contributed by atoms with E-state index in [4.69, 9.17) is 9.15 Å². The number of hydrogen-bond acceptors (Lipinski definition) is 5. The van der Waals surface area contributed by atoms with E-state index in [0.717, 1.165) is 26.0 Å². The van der Waals surface area contributed by atoms with Crippen molar-refractivity contribution in [1.29, 1.82) is 0 Å². The molecule has 19 heavy (non-hydrogen) atoms. The van der Waals surface area contributed by atoms with Gasteiger partial charge in [-0.15, -0.1) is 0 Å². The standard InChI is InChI=1S/C13H17N3O3/c17-13-16(12-11(19-13)4-1-5-15-12)7-6-14-9-10-3-2-8-18-10/h1,4-5,10,14H,2-3,6-9H2. The maximum atomic E-state index is 11.7. The smallest absolute Gasteiger partial charge is 0.406 e. The van der Waals surface area contributed by atoms with E-state index in [0.29, 0.717) is 30.4 Å². The third-order valence-electron chi connectivity index (χ3n) is 3.33. The Hall–Kier alpha value is -1.66. The van der Waals surface area contributed by atoms with Gasteiger partial charge in [0, 0.05) is 32.4 Å². The minimum atomic E-state index is -0.354. The fourth-order valence-corrected chi connectivity index (χ4v) is 2.36. The van der Waals surface area contributed by atoms with Crippen molar-refractivity contribution in [1.82, 2.24) is 14.9 Å². The molecule has 0 saturated carbocycles. The first kappa shape index (κ1) is 12.4. The Bertz CT molecular complexity index is 598. The van der Waals surface area contributed by atoms with Crippen LogP contribution >= 0.6 is 0 Å². The van der Waals surface area contributed by atoms with Gasteiger partial charge in [0.15, 0.2) is 11.2 Å². The second-order valence-electron chi connectivity index (χ2n) is 4.68. The number of rotatable bonds is 5. The first-order valence-electron chi connectivity index (χ1n) is 6.61. The molecule has 1 aliphatic heterocycles. The van der Waals surface area contributed by atoms with Gasteiger partial charge in [-0.05, 0) is 25.0 Å². The highest BCUT2D eigenvalue weighted by molar-refractivity contribution is 5.67. The quantitative estimate of drug-likeness (QED) is 0.806. The third kappa shape index (κ3) is 2.69. The molecular formula is C13H17N3O3. The molecular weight excluding hydrogens is 246 g/mol. The Labute approximate surface area is 110 Å². The first-order chi connectivity index (χ1) is 9.34. The summed E-state index contributed by atoms with van der Waals surface area (Å²) in [4.78, 5) is 15.9. The van der Waals surface area contributed by atoms with Gasteiger partial charge in [0.2, 0.25) is 0 Å². The maximum absolute atomic E-state index is 11.7. The number of ether oxygens (including phenoxy) is 1. The molecule has 0 spiro atoms. The van der Waals surface area contributed by atoms with E-state index in [1.54, 1.807) is 22.9 Å². The number of nitrogens with zero attached hydrogens (tertiary/aromatic N) is 2. The predicted molar refractivity (Wildman–Crippen MR) is 70.1 cm³/mol. The molecule has 1 fully saturated rings. The van der Waals surface area contributed by atoms with Gasteiger partial charge in [-0.3, -0.25) is 4.57 Å². The van der Waals surface area contributed by atoms with E-state index in [1.165, 1.54) is 0 Å². The van der Waals surface area contributed by atoms with Gasteiger partial charge in [-0.2, -0.15) is 0 Å². The van der Waals surface area contributed by atoms with Crippen molar-refractivity contribution in [2.75, 3.05) is 19.7 Å². The van der Waals surface area contributed by atoms with Crippen LogP contribution in [0.3, 0.4) is 0 Å². The predicted octanol–water partition coefficient (Wildman–Crippen LogP) is 0.758. The van der Waals surface area contributed by atoms with E-state index in [-0.39, 0.29) is 5.76 Å². The molecule has 0 aliphatic carbocycles. The lowest BCUT2D eigenvalue weighted by molar-refractivity contribution is 0.110. The number of hydrogen-bond donors (Lipinski definition) is 1. The number of fused-ring (bicyclic) bond motifs is 1. The summed E-state index contributed by atoms with van der Waals surface area (Å²) in [5.41, 5.74) is 1.14. The number of oxazole rings is 1. The Kier molecular flexibility index (Phi) is 3.61. The van der Waals surface area contributed by atoms with Gasteiger partial charge in [-0.1, -0.05) is 0 Å². The fourth-order valence-electron chi connectivity index (χ4n) is 2.36. The summed E-state index contributed by atoms with van der Waals surface area (Å²) in [6.45, 7) is 2.95. The van der Waals surface area contributed by atoms with Crippen molar-refractivity contribution in [3.05, 3.63) is 28.9 Å². The fraction of sp³-hybridized carbons (Fsp3) is 0.538. The number of aromatic nitrogens is 2. The zero-order valence-electron chi connectivity index (χ0n) is 10.7. The minimum absolute atomic E-state index is 0.316. The van der Waals surface area contributed by atoms with Crippen LogP contribution in [0.5, 0.6) is 0 Å².